The van der Waals surface area contributed by atoms with E-state index in [1.54, 1.807) is 4.68 Å². The zero-order chi connectivity index (χ0) is 13.4. The van der Waals surface area contributed by atoms with Crippen molar-refractivity contribution in [3.05, 3.63) is 32.7 Å². The van der Waals surface area contributed by atoms with E-state index in [1.807, 2.05) is 20.9 Å². The van der Waals surface area contributed by atoms with Crippen LogP contribution in [0.1, 0.15) is 11.4 Å². The number of nitrogens with zero attached hydrogens (tertiary/aromatic N) is 3. The molecular weight excluding hydrogens is 296 g/mol. The van der Waals surface area contributed by atoms with Gasteiger partial charge in [-0.15, -0.1) is 0 Å². The van der Waals surface area contributed by atoms with E-state index < -0.39 is 0 Å². The highest BCUT2D eigenvalue weighted by Crippen LogP contribution is 2.35. The Morgan fingerprint density at radius 1 is 1.17 bits per heavy atom. The molecule has 0 atom stereocenters. The molecule has 2 rings (SSSR count). The predicted octanol–water partition coefficient (Wildman–Crippen LogP) is 4.18. The van der Waals surface area contributed by atoms with Crippen LogP contribution >= 0.6 is 34.8 Å². The summed E-state index contributed by atoms with van der Waals surface area (Å²) in [5.74, 6) is 0.829. The lowest BCUT2D eigenvalue weighted by atomic mass is 10.3. The van der Waals surface area contributed by atoms with E-state index in [-0.39, 0.29) is 16.1 Å². The zero-order valence-electron chi connectivity index (χ0n) is 9.96. The Labute approximate surface area is 119 Å². The molecule has 0 spiro atoms. The smallest absolute Gasteiger partial charge is 0.239 e. The highest BCUT2D eigenvalue weighted by atomic mass is 35.5. The molecule has 0 amide bonds. The van der Waals surface area contributed by atoms with Crippen molar-refractivity contribution < 1.29 is 4.74 Å². The minimum atomic E-state index is 0.148. The minimum Gasteiger partial charge on any atom is -0.434 e. The van der Waals surface area contributed by atoms with Gasteiger partial charge in [-0.05, 0) is 19.9 Å². The number of pyridine rings is 1. The molecule has 0 unspecified atom stereocenters. The van der Waals surface area contributed by atoms with E-state index in [2.05, 4.69) is 10.1 Å². The summed E-state index contributed by atoms with van der Waals surface area (Å²) in [6, 6.07) is 1.49. The van der Waals surface area contributed by atoms with E-state index >= 15 is 0 Å². The van der Waals surface area contributed by atoms with E-state index in [0.717, 1.165) is 11.4 Å². The number of ether oxygens (including phenoxy) is 1. The molecule has 18 heavy (non-hydrogen) atoms. The van der Waals surface area contributed by atoms with Gasteiger partial charge >= 0.3 is 0 Å². The number of rotatable bonds is 2. The summed E-state index contributed by atoms with van der Waals surface area (Å²) >= 11 is 17.6. The van der Waals surface area contributed by atoms with Gasteiger partial charge in [-0.2, -0.15) is 10.1 Å². The third-order valence-electron chi connectivity index (χ3n) is 2.50. The van der Waals surface area contributed by atoms with Crippen molar-refractivity contribution in [2.24, 2.45) is 7.05 Å². The molecule has 7 heteroatoms. The minimum absolute atomic E-state index is 0.148. The Morgan fingerprint density at radius 2 is 1.83 bits per heavy atom. The van der Waals surface area contributed by atoms with E-state index in [9.17, 15) is 0 Å². The molecule has 0 fully saturated rings. The first-order chi connectivity index (χ1) is 8.40. The van der Waals surface area contributed by atoms with Gasteiger partial charge in [-0.1, -0.05) is 34.8 Å². The molecule has 2 heterocycles. The molecule has 0 saturated heterocycles. The number of hydrogen-bond acceptors (Lipinski definition) is 3. The van der Waals surface area contributed by atoms with Gasteiger partial charge in [0.25, 0.3) is 0 Å². The standard InChI is InChI=1S/C11H10Cl3N3O/c1-5-9(6(2)17(3)16-5)18-11-8(13)4-7(12)10(14)15-11/h4H,1-3H3. The van der Waals surface area contributed by atoms with Crippen molar-refractivity contribution >= 4 is 34.8 Å². The molecule has 0 aromatic carbocycles. The topological polar surface area (TPSA) is 39.9 Å². The fraction of sp³-hybridized carbons (Fsp3) is 0.273. The Hall–Kier alpha value is -0.970. The summed E-state index contributed by atoms with van der Waals surface area (Å²) in [4.78, 5) is 4.00. The quantitative estimate of drug-likeness (QED) is 0.781. The molecule has 2 aromatic heterocycles. The molecule has 4 nitrogen and oxygen atoms in total. The van der Waals surface area contributed by atoms with Crippen LogP contribution < -0.4 is 4.74 Å². The summed E-state index contributed by atoms with van der Waals surface area (Å²) in [5, 5.41) is 4.97. The lowest BCUT2D eigenvalue weighted by molar-refractivity contribution is 0.455. The van der Waals surface area contributed by atoms with Gasteiger partial charge in [-0.25, -0.2) is 0 Å². The lowest BCUT2D eigenvalue weighted by Gasteiger charge is -2.07. The van der Waals surface area contributed by atoms with Crippen molar-refractivity contribution in [3.8, 4) is 11.6 Å². The van der Waals surface area contributed by atoms with Gasteiger partial charge in [0, 0.05) is 7.05 Å². The Balaban J connectivity index is 2.43. The van der Waals surface area contributed by atoms with Crippen LogP contribution in [-0.2, 0) is 7.05 Å². The SMILES string of the molecule is Cc1nn(C)c(C)c1Oc1nc(Cl)c(Cl)cc1Cl. The molecule has 0 aliphatic carbocycles. The van der Waals surface area contributed by atoms with Gasteiger partial charge in [0.05, 0.1) is 10.7 Å². The first kappa shape index (κ1) is 13.5. The van der Waals surface area contributed by atoms with Crippen LogP contribution in [-0.4, -0.2) is 14.8 Å². The van der Waals surface area contributed by atoms with Crippen molar-refractivity contribution in [2.75, 3.05) is 0 Å². The van der Waals surface area contributed by atoms with Gasteiger partial charge in [0.2, 0.25) is 5.88 Å². The first-order valence-corrected chi connectivity index (χ1v) is 6.23. The molecule has 2 aromatic rings. The summed E-state index contributed by atoms with van der Waals surface area (Å²) < 4.78 is 7.38. The maximum atomic E-state index is 6.01. The van der Waals surface area contributed by atoms with E-state index in [1.165, 1.54) is 6.07 Å². The van der Waals surface area contributed by atoms with Crippen molar-refractivity contribution in [2.45, 2.75) is 13.8 Å². The molecule has 0 N–H and O–H groups in total. The molecule has 0 aliphatic rings. The molecule has 0 bridgehead atoms. The Bertz CT molecular complexity index is 610. The van der Waals surface area contributed by atoms with Crippen molar-refractivity contribution in [3.63, 3.8) is 0 Å². The molecule has 96 valence electrons. The summed E-state index contributed by atoms with van der Waals surface area (Å²) in [6.07, 6.45) is 0. The molecule has 0 radical (unpaired) electrons. The maximum Gasteiger partial charge on any atom is 0.239 e. The maximum absolute atomic E-state index is 6.01. The number of halogens is 3. The third-order valence-corrected chi connectivity index (χ3v) is 3.44. The normalized spacial score (nSPS) is 10.8. The highest BCUT2D eigenvalue weighted by Gasteiger charge is 2.16. The lowest BCUT2D eigenvalue weighted by Crippen LogP contribution is -1.94. The first-order valence-electron chi connectivity index (χ1n) is 5.09. The fourth-order valence-corrected chi connectivity index (χ4v) is 2.03. The Morgan fingerprint density at radius 3 is 2.39 bits per heavy atom. The second-order valence-electron chi connectivity index (χ2n) is 3.77. The van der Waals surface area contributed by atoms with Crippen molar-refractivity contribution in [1.29, 1.82) is 0 Å². The van der Waals surface area contributed by atoms with Crippen LogP contribution in [0.2, 0.25) is 15.2 Å². The summed E-state index contributed by atoms with van der Waals surface area (Å²) in [6.45, 7) is 3.73. The van der Waals surface area contributed by atoms with Crippen LogP contribution in [0.5, 0.6) is 11.6 Å². The van der Waals surface area contributed by atoms with E-state index in [0.29, 0.717) is 10.8 Å². The van der Waals surface area contributed by atoms with Gasteiger partial charge < -0.3 is 4.74 Å². The zero-order valence-corrected chi connectivity index (χ0v) is 12.2. The van der Waals surface area contributed by atoms with Crippen LogP contribution in [0.25, 0.3) is 0 Å². The monoisotopic (exact) mass is 305 g/mol. The van der Waals surface area contributed by atoms with Crippen LogP contribution in [0, 0.1) is 13.8 Å². The molecule has 0 aliphatic heterocycles. The summed E-state index contributed by atoms with van der Waals surface area (Å²) in [5.41, 5.74) is 1.62. The average Bonchev–Trinajstić information content (AvgIpc) is 2.52. The summed E-state index contributed by atoms with van der Waals surface area (Å²) in [7, 11) is 1.83. The number of aryl methyl sites for hydroxylation is 2. The van der Waals surface area contributed by atoms with Crippen LogP contribution in [0.15, 0.2) is 6.07 Å². The predicted molar refractivity (Wildman–Crippen MR) is 72.0 cm³/mol. The third kappa shape index (κ3) is 2.41. The highest BCUT2D eigenvalue weighted by molar-refractivity contribution is 6.42. The van der Waals surface area contributed by atoms with Gasteiger partial charge in [0.15, 0.2) is 10.9 Å². The van der Waals surface area contributed by atoms with Gasteiger partial charge in [-0.3, -0.25) is 4.68 Å². The average molecular weight is 307 g/mol. The van der Waals surface area contributed by atoms with Crippen LogP contribution in [0.4, 0.5) is 0 Å². The van der Waals surface area contributed by atoms with E-state index in [4.69, 9.17) is 39.5 Å². The second-order valence-corrected chi connectivity index (χ2v) is 4.95. The fourth-order valence-electron chi connectivity index (χ4n) is 1.50. The largest absolute Gasteiger partial charge is 0.434 e. The molecular formula is C11H10Cl3N3O. The van der Waals surface area contributed by atoms with Crippen LogP contribution in [0.3, 0.4) is 0 Å². The van der Waals surface area contributed by atoms with Gasteiger partial charge in [0.1, 0.15) is 10.7 Å². The second kappa shape index (κ2) is 4.96. The molecule has 0 saturated carbocycles. The Kier molecular flexibility index (Phi) is 3.71. The number of hydrogen-bond donors (Lipinski definition) is 0. The number of aromatic nitrogens is 3. The van der Waals surface area contributed by atoms with Crippen molar-refractivity contribution in [1.82, 2.24) is 14.8 Å².